The molecule has 6 nitrogen and oxygen atoms in total. The molecule has 0 bridgehead atoms. The Morgan fingerprint density at radius 2 is 1.73 bits per heavy atom. The summed E-state index contributed by atoms with van der Waals surface area (Å²) in [6.45, 7) is 6.57. The van der Waals surface area contributed by atoms with Gasteiger partial charge in [-0.05, 0) is 43.7 Å². The molecule has 2 aromatic carbocycles. The summed E-state index contributed by atoms with van der Waals surface area (Å²) in [5.41, 5.74) is 1.20. The Kier molecular flexibility index (Phi) is 9.27. The zero-order chi connectivity index (χ0) is 22.1. The van der Waals surface area contributed by atoms with Crippen molar-refractivity contribution in [1.29, 1.82) is 0 Å². The van der Waals surface area contributed by atoms with Crippen LogP contribution in [0.25, 0.3) is 0 Å². The molecule has 30 heavy (non-hydrogen) atoms. The molecule has 0 aromatic heterocycles. The van der Waals surface area contributed by atoms with E-state index in [1.165, 1.54) is 6.07 Å². The van der Waals surface area contributed by atoms with Crippen molar-refractivity contribution < 1.29 is 19.1 Å². The van der Waals surface area contributed by atoms with Crippen LogP contribution in [-0.4, -0.2) is 25.0 Å². The van der Waals surface area contributed by atoms with Gasteiger partial charge in [-0.1, -0.05) is 43.5 Å². The van der Waals surface area contributed by atoms with Gasteiger partial charge in [-0.2, -0.15) is 0 Å². The lowest BCUT2D eigenvalue weighted by molar-refractivity contribution is -0.115. The van der Waals surface area contributed by atoms with Crippen molar-refractivity contribution in [1.82, 2.24) is 0 Å². The van der Waals surface area contributed by atoms with Gasteiger partial charge < -0.3 is 20.1 Å². The van der Waals surface area contributed by atoms with Crippen LogP contribution in [0.1, 0.15) is 50.4 Å². The number of nitrogens with one attached hydrogen (secondary N) is 2. The van der Waals surface area contributed by atoms with Crippen LogP contribution in [0.15, 0.2) is 30.3 Å². The largest absolute Gasteiger partial charge is 0.490 e. The molecule has 2 aromatic rings. The second-order valence-electron chi connectivity index (χ2n) is 6.47. The van der Waals surface area contributed by atoms with E-state index in [4.69, 9.17) is 32.7 Å². The van der Waals surface area contributed by atoms with E-state index in [0.29, 0.717) is 53.1 Å². The summed E-state index contributed by atoms with van der Waals surface area (Å²) in [6, 6.07) is 7.98. The first-order valence-electron chi connectivity index (χ1n) is 9.89. The Labute approximate surface area is 186 Å². The summed E-state index contributed by atoms with van der Waals surface area (Å²) in [4.78, 5) is 24.4. The van der Waals surface area contributed by atoms with E-state index < -0.39 is 5.91 Å². The molecule has 0 radical (unpaired) electrons. The predicted molar refractivity (Wildman–Crippen MR) is 121 cm³/mol. The fourth-order valence-electron chi connectivity index (χ4n) is 2.56. The summed E-state index contributed by atoms with van der Waals surface area (Å²) >= 11 is 12.6. The molecule has 0 spiro atoms. The molecule has 0 aliphatic carbocycles. The van der Waals surface area contributed by atoms with Crippen molar-refractivity contribution in [2.75, 3.05) is 23.8 Å². The molecule has 8 heteroatoms. The third-order valence-electron chi connectivity index (χ3n) is 4.14. The number of halogens is 2. The quantitative estimate of drug-likeness (QED) is 0.422. The van der Waals surface area contributed by atoms with E-state index in [1.807, 2.05) is 6.92 Å². The minimum atomic E-state index is -0.418. The monoisotopic (exact) mass is 452 g/mol. The van der Waals surface area contributed by atoms with Crippen molar-refractivity contribution >= 4 is 46.4 Å². The van der Waals surface area contributed by atoms with Crippen molar-refractivity contribution in [3.63, 3.8) is 0 Å². The van der Waals surface area contributed by atoms with E-state index >= 15 is 0 Å². The smallest absolute Gasteiger partial charge is 0.255 e. The standard InChI is InChI=1S/C22H26Cl2N2O4/c1-4-7-10-30-21-17(24)11-14(12-19(21)29-6-3)22(28)26-18-13-15(8-9-16(18)23)25-20(27)5-2/h8-9,11-13H,4-7,10H2,1-3H3,(H,25,27)(H,26,28). The predicted octanol–water partition coefficient (Wildman–Crippen LogP) is 6.17. The molecule has 162 valence electrons. The lowest BCUT2D eigenvalue weighted by atomic mass is 10.1. The summed E-state index contributed by atoms with van der Waals surface area (Å²) < 4.78 is 11.4. The van der Waals surface area contributed by atoms with Gasteiger partial charge in [0, 0.05) is 17.7 Å². The highest BCUT2D eigenvalue weighted by atomic mass is 35.5. The molecular formula is C22H26Cl2N2O4. The Hall–Kier alpha value is -2.44. The van der Waals surface area contributed by atoms with E-state index in [9.17, 15) is 9.59 Å². The molecular weight excluding hydrogens is 427 g/mol. The third-order valence-corrected chi connectivity index (χ3v) is 4.75. The molecule has 0 fully saturated rings. The first kappa shape index (κ1) is 23.8. The topological polar surface area (TPSA) is 76.7 Å². The first-order chi connectivity index (χ1) is 14.4. The number of anilines is 2. The Morgan fingerprint density at radius 3 is 2.40 bits per heavy atom. The molecule has 2 rings (SSSR count). The average molecular weight is 453 g/mol. The van der Waals surface area contributed by atoms with Gasteiger partial charge in [0.1, 0.15) is 0 Å². The SMILES string of the molecule is CCCCOc1c(Cl)cc(C(=O)Nc2cc(NC(=O)CC)ccc2Cl)cc1OCC. The highest BCUT2D eigenvalue weighted by molar-refractivity contribution is 6.34. The van der Waals surface area contributed by atoms with E-state index in [1.54, 1.807) is 31.2 Å². The van der Waals surface area contributed by atoms with Gasteiger partial charge in [0.15, 0.2) is 11.5 Å². The second-order valence-corrected chi connectivity index (χ2v) is 7.29. The maximum Gasteiger partial charge on any atom is 0.255 e. The number of amides is 2. The van der Waals surface area contributed by atoms with Crippen LogP contribution in [0.2, 0.25) is 10.0 Å². The highest BCUT2D eigenvalue weighted by Gasteiger charge is 2.17. The summed E-state index contributed by atoms with van der Waals surface area (Å²) in [6.07, 6.45) is 2.21. The Balaban J connectivity index is 2.26. The van der Waals surface area contributed by atoms with Gasteiger partial charge in [0.25, 0.3) is 5.91 Å². The second kappa shape index (κ2) is 11.7. The minimum absolute atomic E-state index is 0.138. The summed E-state index contributed by atoms with van der Waals surface area (Å²) in [5, 5.41) is 6.11. The lowest BCUT2D eigenvalue weighted by Gasteiger charge is -2.15. The molecule has 0 unspecified atom stereocenters. The molecule has 0 aliphatic heterocycles. The van der Waals surface area contributed by atoms with Crippen LogP contribution in [0, 0.1) is 0 Å². The first-order valence-corrected chi connectivity index (χ1v) is 10.6. The fourth-order valence-corrected chi connectivity index (χ4v) is 2.99. The fraction of sp³-hybridized carbons (Fsp3) is 0.364. The van der Waals surface area contributed by atoms with Crippen molar-refractivity contribution in [2.45, 2.75) is 40.0 Å². The van der Waals surface area contributed by atoms with Gasteiger partial charge in [-0.3, -0.25) is 9.59 Å². The van der Waals surface area contributed by atoms with Crippen molar-refractivity contribution in [2.24, 2.45) is 0 Å². The number of ether oxygens (including phenoxy) is 2. The van der Waals surface area contributed by atoms with Crippen LogP contribution >= 0.6 is 23.2 Å². The van der Waals surface area contributed by atoms with Crippen molar-refractivity contribution in [3.05, 3.63) is 45.9 Å². The molecule has 0 aliphatic rings. The van der Waals surface area contributed by atoms with E-state index in [-0.39, 0.29) is 10.9 Å². The summed E-state index contributed by atoms with van der Waals surface area (Å²) in [7, 11) is 0. The maximum absolute atomic E-state index is 12.8. The van der Waals surface area contributed by atoms with Gasteiger partial charge in [0.05, 0.1) is 28.9 Å². The normalized spacial score (nSPS) is 10.4. The number of hydrogen-bond donors (Lipinski definition) is 2. The minimum Gasteiger partial charge on any atom is -0.490 e. The van der Waals surface area contributed by atoms with Crippen LogP contribution < -0.4 is 20.1 Å². The lowest BCUT2D eigenvalue weighted by Crippen LogP contribution is -2.14. The van der Waals surface area contributed by atoms with Crippen LogP contribution in [0.3, 0.4) is 0 Å². The molecule has 0 saturated heterocycles. The average Bonchev–Trinajstić information content (AvgIpc) is 2.72. The zero-order valence-corrected chi connectivity index (χ0v) is 18.8. The Morgan fingerprint density at radius 1 is 0.967 bits per heavy atom. The third kappa shape index (κ3) is 6.54. The number of rotatable bonds is 10. The van der Waals surface area contributed by atoms with Gasteiger partial charge in [-0.15, -0.1) is 0 Å². The molecule has 2 amide bonds. The maximum atomic E-state index is 12.8. The van der Waals surface area contributed by atoms with Crippen LogP contribution in [0.4, 0.5) is 11.4 Å². The highest BCUT2D eigenvalue weighted by Crippen LogP contribution is 2.37. The number of benzene rings is 2. The number of unbranched alkanes of at least 4 members (excludes halogenated alkanes) is 1. The molecule has 0 heterocycles. The van der Waals surface area contributed by atoms with E-state index in [2.05, 4.69) is 17.6 Å². The molecule has 0 saturated carbocycles. The molecule has 0 atom stereocenters. The van der Waals surface area contributed by atoms with Crippen molar-refractivity contribution in [3.8, 4) is 11.5 Å². The van der Waals surface area contributed by atoms with Crippen LogP contribution in [-0.2, 0) is 4.79 Å². The van der Waals surface area contributed by atoms with E-state index in [0.717, 1.165) is 12.8 Å². The number of carbonyl (C=O) groups is 2. The number of carbonyl (C=O) groups excluding carboxylic acids is 2. The van der Waals surface area contributed by atoms with Gasteiger partial charge in [0.2, 0.25) is 5.91 Å². The van der Waals surface area contributed by atoms with Gasteiger partial charge in [-0.25, -0.2) is 0 Å². The number of hydrogen-bond acceptors (Lipinski definition) is 4. The molecule has 2 N–H and O–H groups in total. The summed E-state index contributed by atoms with van der Waals surface area (Å²) in [5.74, 6) is 0.271. The van der Waals surface area contributed by atoms with Gasteiger partial charge >= 0.3 is 0 Å². The Bertz CT molecular complexity index is 903. The van der Waals surface area contributed by atoms with Crippen LogP contribution in [0.5, 0.6) is 11.5 Å². The zero-order valence-electron chi connectivity index (χ0n) is 17.3.